The van der Waals surface area contributed by atoms with E-state index in [-0.39, 0.29) is 18.2 Å². The Labute approximate surface area is 134 Å². The molecule has 0 saturated carbocycles. The van der Waals surface area contributed by atoms with Crippen LogP contribution in [0.3, 0.4) is 0 Å². The summed E-state index contributed by atoms with van der Waals surface area (Å²) in [4.78, 5) is 12.0. The smallest absolute Gasteiger partial charge is 0.252 e. The Hall–Kier alpha value is -0.630. The van der Waals surface area contributed by atoms with Crippen LogP contribution in [-0.4, -0.2) is 31.4 Å². The molecule has 1 amide bonds. The van der Waals surface area contributed by atoms with E-state index in [9.17, 15) is 13.2 Å². The van der Waals surface area contributed by atoms with Gasteiger partial charge in [-0.05, 0) is 62.4 Å². The largest absolute Gasteiger partial charge is 0.351 e. The first-order valence-electron chi connectivity index (χ1n) is 6.31. The molecule has 0 fully saturated rings. The van der Waals surface area contributed by atoms with Gasteiger partial charge in [0.15, 0.2) is 9.84 Å². The lowest BCUT2D eigenvalue weighted by Crippen LogP contribution is -2.36. The fraction of sp³-hybridized carbons (Fsp3) is 0.500. The van der Waals surface area contributed by atoms with E-state index in [4.69, 9.17) is 0 Å². The van der Waals surface area contributed by atoms with Gasteiger partial charge in [0.05, 0.1) is 16.1 Å². The predicted molar refractivity (Wildman–Crippen MR) is 89.8 cm³/mol. The molecule has 0 aliphatic carbocycles. The molecule has 0 heterocycles. The van der Waals surface area contributed by atoms with Gasteiger partial charge in [-0.3, -0.25) is 4.79 Å². The molecule has 1 aromatic carbocycles. The Morgan fingerprint density at radius 2 is 1.90 bits per heavy atom. The summed E-state index contributed by atoms with van der Waals surface area (Å²) in [7, 11) is -3.21. The standard InChI is InChI=1S/C14H20INO3S/c1-10-5-6-12(15)11(9-10)13(17)16-7-8-20(18,19)14(2,3)4/h5-6,9H,7-8H2,1-4H3,(H,16,17). The molecule has 6 heteroatoms. The van der Waals surface area contributed by atoms with Crippen LogP contribution in [0.4, 0.5) is 0 Å². The Morgan fingerprint density at radius 1 is 1.30 bits per heavy atom. The zero-order valence-electron chi connectivity index (χ0n) is 12.2. The van der Waals surface area contributed by atoms with Crippen molar-refractivity contribution in [1.29, 1.82) is 0 Å². The number of halogens is 1. The fourth-order valence-corrected chi connectivity index (χ4v) is 3.08. The highest BCUT2D eigenvalue weighted by Crippen LogP contribution is 2.16. The van der Waals surface area contributed by atoms with Gasteiger partial charge in [-0.15, -0.1) is 0 Å². The van der Waals surface area contributed by atoms with Crippen molar-refractivity contribution in [3.63, 3.8) is 0 Å². The molecular formula is C14H20INO3S. The van der Waals surface area contributed by atoms with Gasteiger partial charge in [0.25, 0.3) is 5.91 Å². The number of carbonyl (C=O) groups is 1. The third-order valence-corrected chi connectivity index (χ3v) is 6.50. The van der Waals surface area contributed by atoms with Crippen LogP contribution in [0.25, 0.3) is 0 Å². The fourth-order valence-electron chi connectivity index (χ4n) is 1.51. The molecule has 0 aliphatic heterocycles. The van der Waals surface area contributed by atoms with E-state index in [0.717, 1.165) is 9.13 Å². The SMILES string of the molecule is Cc1ccc(I)c(C(=O)NCCS(=O)(=O)C(C)(C)C)c1. The van der Waals surface area contributed by atoms with Crippen LogP contribution >= 0.6 is 22.6 Å². The lowest BCUT2D eigenvalue weighted by atomic mass is 10.1. The summed E-state index contributed by atoms with van der Waals surface area (Å²) in [5.74, 6) is -0.285. The number of rotatable bonds is 4. The van der Waals surface area contributed by atoms with Crippen molar-refractivity contribution in [1.82, 2.24) is 5.32 Å². The highest BCUT2D eigenvalue weighted by molar-refractivity contribution is 14.1. The lowest BCUT2D eigenvalue weighted by Gasteiger charge is -2.19. The quantitative estimate of drug-likeness (QED) is 0.778. The summed E-state index contributed by atoms with van der Waals surface area (Å²) >= 11 is 2.09. The molecule has 4 nitrogen and oxygen atoms in total. The molecular weight excluding hydrogens is 389 g/mol. The van der Waals surface area contributed by atoms with Gasteiger partial charge < -0.3 is 5.32 Å². The molecule has 0 spiro atoms. The number of hydrogen-bond donors (Lipinski definition) is 1. The Kier molecular flexibility index (Phi) is 5.60. The van der Waals surface area contributed by atoms with Crippen molar-refractivity contribution in [2.24, 2.45) is 0 Å². The Bertz CT molecular complexity index is 603. The number of nitrogens with one attached hydrogen (secondary N) is 1. The normalized spacial score (nSPS) is 12.2. The molecule has 1 rings (SSSR count). The van der Waals surface area contributed by atoms with Crippen molar-refractivity contribution in [3.8, 4) is 0 Å². The van der Waals surface area contributed by atoms with Crippen LogP contribution < -0.4 is 5.32 Å². The van der Waals surface area contributed by atoms with Crippen molar-refractivity contribution in [2.45, 2.75) is 32.4 Å². The third-order valence-electron chi connectivity index (χ3n) is 2.96. The van der Waals surface area contributed by atoms with E-state index in [1.54, 1.807) is 26.8 Å². The van der Waals surface area contributed by atoms with E-state index >= 15 is 0 Å². The first-order chi connectivity index (χ1) is 9.04. The summed E-state index contributed by atoms with van der Waals surface area (Å²) in [6, 6.07) is 5.61. The van der Waals surface area contributed by atoms with E-state index in [1.165, 1.54) is 0 Å². The van der Waals surface area contributed by atoms with Gasteiger partial charge in [0.2, 0.25) is 0 Å². The molecule has 0 bridgehead atoms. The van der Waals surface area contributed by atoms with E-state index < -0.39 is 14.6 Å². The summed E-state index contributed by atoms with van der Waals surface area (Å²) in [6.07, 6.45) is 0. The van der Waals surface area contributed by atoms with Crippen molar-refractivity contribution >= 4 is 38.3 Å². The van der Waals surface area contributed by atoms with Gasteiger partial charge in [-0.1, -0.05) is 11.6 Å². The van der Waals surface area contributed by atoms with Crippen LogP contribution in [0.2, 0.25) is 0 Å². The topological polar surface area (TPSA) is 63.2 Å². The highest BCUT2D eigenvalue weighted by Gasteiger charge is 2.28. The molecule has 0 unspecified atom stereocenters. The molecule has 0 aliphatic rings. The number of amides is 1. The van der Waals surface area contributed by atoms with Crippen molar-refractivity contribution in [3.05, 3.63) is 32.9 Å². The van der Waals surface area contributed by atoms with Gasteiger partial charge in [-0.25, -0.2) is 8.42 Å². The maximum atomic E-state index is 12.0. The maximum absolute atomic E-state index is 12.0. The monoisotopic (exact) mass is 409 g/mol. The summed E-state index contributed by atoms with van der Waals surface area (Å²) < 4.78 is 23.9. The molecule has 0 atom stereocenters. The zero-order chi connectivity index (χ0) is 15.6. The number of carbonyl (C=O) groups excluding carboxylic acids is 1. The first kappa shape index (κ1) is 17.4. The predicted octanol–water partition coefficient (Wildman–Crippen LogP) is 2.54. The lowest BCUT2D eigenvalue weighted by molar-refractivity contribution is 0.0955. The minimum atomic E-state index is -3.21. The minimum absolute atomic E-state index is 0.0510. The Balaban J connectivity index is 2.68. The van der Waals surface area contributed by atoms with E-state index in [2.05, 4.69) is 27.9 Å². The van der Waals surface area contributed by atoms with Crippen LogP contribution in [0, 0.1) is 10.5 Å². The average Bonchev–Trinajstić information content (AvgIpc) is 2.30. The molecule has 1 aromatic rings. The minimum Gasteiger partial charge on any atom is -0.351 e. The maximum Gasteiger partial charge on any atom is 0.252 e. The first-order valence-corrected chi connectivity index (χ1v) is 9.04. The van der Waals surface area contributed by atoms with Gasteiger partial charge in [-0.2, -0.15) is 0 Å². The third kappa shape index (κ3) is 4.44. The zero-order valence-corrected chi connectivity index (χ0v) is 15.1. The van der Waals surface area contributed by atoms with E-state index in [0.29, 0.717) is 5.56 Å². The molecule has 0 saturated heterocycles. The Morgan fingerprint density at radius 3 is 2.45 bits per heavy atom. The summed E-state index contributed by atoms with van der Waals surface area (Å²) in [5, 5.41) is 2.67. The van der Waals surface area contributed by atoms with Gasteiger partial charge in [0, 0.05) is 10.1 Å². The summed E-state index contributed by atoms with van der Waals surface area (Å²) in [6.45, 7) is 7.02. The second-order valence-corrected chi connectivity index (χ2v) is 9.70. The number of hydrogen-bond acceptors (Lipinski definition) is 3. The molecule has 0 radical (unpaired) electrons. The van der Waals surface area contributed by atoms with Crippen molar-refractivity contribution in [2.75, 3.05) is 12.3 Å². The molecule has 20 heavy (non-hydrogen) atoms. The number of aryl methyl sites for hydroxylation is 1. The summed E-state index contributed by atoms with van der Waals surface area (Å²) in [5.41, 5.74) is 1.58. The molecule has 0 aromatic heterocycles. The molecule has 1 N–H and O–H groups in total. The average molecular weight is 409 g/mol. The van der Waals surface area contributed by atoms with Crippen LogP contribution in [0.5, 0.6) is 0 Å². The number of benzene rings is 1. The number of sulfone groups is 1. The van der Waals surface area contributed by atoms with Crippen LogP contribution in [0.15, 0.2) is 18.2 Å². The second kappa shape index (κ2) is 6.43. The van der Waals surface area contributed by atoms with Crippen molar-refractivity contribution < 1.29 is 13.2 Å². The second-order valence-electron chi connectivity index (χ2n) is 5.67. The highest BCUT2D eigenvalue weighted by atomic mass is 127. The van der Waals surface area contributed by atoms with Gasteiger partial charge >= 0.3 is 0 Å². The van der Waals surface area contributed by atoms with Crippen LogP contribution in [-0.2, 0) is 9.84 Å². The van der Waals surface area contributed by atoms with Gasteiger partial charge in [0.1, 0.15) is 0 Å². The van der Waals surface area contributed by atoms with Crippen LogP contribution in [0.1, 0.15) is 36.7 Å². The molecule has 112 valence electrons. The van der Waals surface area contributed by atoms with E-state index in [1.807, 2.05) is 19.1 Å².